The van der Waals surface area contributed by atoms with E-state index in [2.05, 4.69) is 25.9 Å². The average molecular weight is 337 g/mol. The van der Waals surface area contributed by atoms with Crippen LogP contribution in [0.25, 0.3) is 0 Å². The predicted molar refractivity (Wildman–Crippen MR) is 92.2 cm³/mol. The van der Waals surface area contributed by atoms with Crippen molar-refractivity contribution < 1.29 is 9.00 Å². The summed E-state index contributed by atoms with van der Waals surface area (Å²) in [5, 5.41) is 4.66. The van der Waals surface area contributed by atoms with Crippen LogP contribution in [0, 0.1) is 0 Å². The van der Waals surface area contributed by atoms with Gasteiger partial charge >= 0.3 is 0 Å². The van der Waals surface area contributed by atoms with Crippen LogP contribution in [0.1, 0.15) is 69.6 Å². The zero-order valence-electron chi connectivity index (χ0n) is 14.7. The SMILES string of the molecule is CC1C(C)S(=O)CCN1C(=O)c1cc(C2CC2)n(C(C)(C)C)n1. The van der Waals surface area contributed by atoms with E-state index in [0.29, 0.717) is 23.9 Å². The summed E-state index contributed by atoms with van der Waals surface area (Å²) >= 11 is 0. The van der Waals surface area contributed by atoms with Gasteiger partial charge in [-0.05, 0) is 53.5 Å². The Kier molecular flexibility index (Phi) is 4.15. The van der Waals surface area contributed by atoms with Crippen LogP contribution in [0.4, 0.5) is 0 Å². The molecule has 1 saturated heterocycles. The fraction of sp³-hybridized carbons (Fsp3) is 0.765. The molecule has 3 atom stereocenters. The summed E-state index contributed by atoms with van der Waals surface area (Å²) in [6, 6.07) is 1.97. The Labute approximate surface area is 140 Å². The summed E-state index contributed by atoms with van der Waals surface area (Å²) in [5.41, 5.74) is 1.59. The minimum atomic E-state index is -0.839. The van der Waals surface area contributed by atoms with Crippen LogP contribution in [-0.4, -0.2) is 48.4 Å². The van der Waals surface area contributed by atoms with Gasteiger partial charge in [0.2, 0.25) is 0 Å². The summed E-state index contributed by atoms with van der Waals surface area (Å²) < 4.78 is 14.0. The van der Waals surface area contributed by atoms with Gasteiger partial charge in [0.1, 0.15) is 0 Å². The van der Waals surface area contributed by atoms with E-state index in [1.54, 1.807) is 0 Å². The summed E-state index contributed by atoms with van der Waals surface area (Å²) in [6.45, 7) is 10.9. The van der Waals surface area contributed by atoms with E-state index in [1.165, 1.54) is 18.5 Å². The molecule has 0 aromatic carbocycles. The smallest absolute Gasteiger partial charge is 0.274 e. The van der Waals surface area contributed by atoms with Crippen LogP contribution in [0.5, 0.6) is 0 Å². The zero-order valence-corrected chi connectivity index (χ0v) is 15.5. The standard InChI is InChI=1S/C17H27N3O2S/c1-11-12(2)23(22)9-8-19(11)16(21)14-10-15(13-6-7-13)20(18-14)17(3,4)5/h10-13H,6-9H2,1-5H3. The molecular formula is C17H27N3O2S. The second-order valence-electron chi connectivity index (χ2n) is 7.84. The lowest BCUT2D eigenvalue weighted by Crippen LogP contribution is -2.52. The molecule has 1 aromatic rings. The lowest BCUT2D eigenvalue weighted by Gasteiger charge is -2.36. The monoisotopic (exact) mass is 337 g/mol. The molecule has 2 aliphatic rings. The Morgan fingerprint density at radius 3 is 2.52 bits per heavy atom. The van der Waals surface area contributed by atoms with Crippen molar-refractivity contribution in [1.82, 2.24) is 14.7 Å². The van der Waals surface area contributed by atoms with Crippen molar-refractivity contribution in [3.8, 4) is 0 Å². The molecular weight excluding hydrogens is 310 g/mol. The Bertz CT molecular complexity index is 643. The first-order valence-corrected chi connectivity index (χ1v) is 9.87. The van der Waals surface area contributed by atoms with Crippen molar-refractivity contribution in [1.29, 1.82) is 0 Å². The summed E-state index contributed by atoms with van der Waals surface area (Å²) in [5.74, 6) is 1.09. The molecule has 3 unspecified atom stereocenters. The van der Waals surface area contributed by atoms with Gasteiger partial charge in [-0.15, -0.1) is 0 Å². The molecule has 128 valence electrons. The summed E-state index contributed by atoms with van der Waals surface area (Å²) in [4.78, 5) is 14.8. The quantitative estimate of drug-likeness (QED) is 0.833. The Morgan fingerprint density at radius 2 is 1.96 bits per heavy atom. The molecule has 6 heteroatoms. The highest BCUT2D eigenvalue weighted by Crippen LogP contribution is 2.41. The van der Waals surface area contributed by atoms with Crippen molar-refractivity contribution in [2.24, 2.45) is 0 Å². The van der Waals surface area contributed by atoms with Gasteiger partial charge in [0.05, 0.1) is 10.8 Å². The fourth-order valence-corrected chi connectivity index (χ4v) is 4.53. The Balaban J connectivity index is 1.89. The highest BCUT2D eigenvalue weighted by atomic mass is 32.2. The molecule has 5 nitrogen and oxygen atoms in total. The van der Waals surface area contributed by atoms with E-state index in [-0.39, 0.29) is 22.7 Å². The number of nitrogens with zero attached hydrogens (tertiary/aromatic N) is 3. The molecule has 0 spiro atoms. The Morgan fingerprint density at radius 1 is 1.30 bits per heavy atom. The lowest BCUT2D eigenvalue weighted by atomic mass is 10.1. The first kappa shape index (κ1) is 16.7. The number of rotatable bonds is 2. The van der Waals surface area contributed by atoms with Crippen molar-refractivity contribution in [2.75, 3.05) is 12.3 Å². The van der Waals surface area contributed by atoms with Crippen LogP contribution in [0.15, 0.2) is 6.07 Å². The minimum absolute atomic E-state index is 0.0127. The number of carbonyl (C=O) groups excluding carboxylic acids is 1. The number of hydrogen-bond donors (Lipinski definition) is 0. The van der Waals surface area contributed by atoms with Gasteiger partial charge in [0, 0.05) is 40.8 Å². The highest BCUT2D eigenvalue weighted by Gasteiger charge is 2.37. The number of hydrogen-bond acceptors (Lipinski definition) is 3. The van der Waals surface area contributed by atoms with E-state index in [9.17, 15) is 9.00 Å². The third kappa shape index (κ3) is 3.10. The molecule has 23 heavy (non-hydrogen) atoms. The Hall–Kier alpha value is -1.17. The maximum atomic E-state index is 12.9. The number of aromatic nitrogens is 2. The predicted octanol–water partition coefficient (Wildman–Crippen LogP) is 2.50. The van der Waals surface area contributed by atoms with Crippen LogP contribution in [-0.2, 0) is 16.3 Å². The molecule has 1 saturated carbocycles. The van der Waals surface area contributed by atoms with E-state index >= 15 is 0 Å². The van der Waals surface area contributed by atoms with E-state index < -0.39 is 10.8 Å². The fourth-order valence-electron chi connectivity index (χ4n) is 3.19. The van der Waals surface area contributed by atoms with Gasteiger partial charge in [-0.1, -0.05) is 0 Å². The molecule has 1 aliphatic carbocycles. The lowest BCUT2D eigenvalue weighted by molar-refractivity contribution is 0.0688. The van der Waals surface area contributed by atoms with Gasteiger partial charge in [0.25, 0.3) is 5.91 Å². The van der Waals surface area contributed by atoms with Crippen molar-refractivity contribution in [2.45, 2.75) is 70.2 Å². The molecule has 2 fully saturated rings. The number of amides is 1. The molecule has 3 rings (SSSR count). The van der Waals surface area contributed by atoms with Crippen molar-refractivity contribution >= 4 is 16.7 Å². The molecule has 1 aliphatic heterocycles. The normalized spacial score (nSPS) is 28.9. The second-order valence-corrected chi connectivity index (χ2v) is 9.75. The minimum Gasteiger partial charge on any atom is -0.332 e. The topological polar surface area (TPSA) is 55.2 Å². The van der Waals surface area contributed by atoms with Crippen LogP contribution < -0.4 is 0 Å². The largest absolute Gasteiger partial charge is 0.332 e. The molecule has 0 bridgehead atoms. The summed E-state index contributed by atoms with van der Waals surface area (Å²) in [7, 11) is -0.839. The molecule has 1 aromatic heterocycles. The molecule has 1 amide bonds. The molecule has 0 radical (unpaired) electrons. The average Bonchev–Trinajstić information content (AvgIpc) is 3.21. The molecule has 2 heterocycles. The third-order valence-corrected chi connectivity index (χ3v) is 6.78. The van der Waals surface area contributed by atoms with Gasteiger partial charge in [-0.25, -0.2) is 0 Å². The maximum Gasteiger partial charge on any atom is 0.274 e. The first-order valence-electron chi connectivity index (χ1n) is 8.48. The molecule has 0 N–H and O–H groups in total. The maximum absolute atomic E-state index is 12.9. The van der Waals surface area contributed by atoms with Gasteiger partial charge in [-0.2, -0.15) is 5.10 Å². The summed E-state index contributed by atoms with van der Waals surface area (Å²) in [6.07, 6.45) is 2.37. The third-order valence-electron chi connectivity index (χ3n) is 4.97. The second kappa shape index (κ2) is 5.72. The van der Waals surface area contributed by atoms with Crippen molar-refractivity contribution in [3.05, 3.63) is 17.5 Å². The van der Waals surface area contributed by atoms with Crippen LogP contribution in [0.2, 0.25) is 0 Å². The highest BCUT2D eigenvalue weighted by molar-refractivity contribution is 7.85. The number of carbonyl (C=O) groups is 1. The van der Waals surface area contributed by atoms with Gasteiger partial charge in [0.15, 0.2) is 5.69 Å². The van der Waals surface area contributed by atoms with Gasteiger partial charge < -0.3 is 4.90 Å². The van der Waals surface area contributed by atoms with Crippen LogP contribution >= 0.6 is 0 Å². The van der Waals surface area contributed by atoms with E-state index in [1.807, 2.05) is 29.5 Å². The van der Waals surface area contributed by atoms with Gasteiger partial charge in [-0.3, -0.25) is 13.7 Å². The zero-order chi connectivity index (χ0) is 16.9. The first-order chi connectivity index (χ1) is 10.7. The van der Waals surface area contributed by atoms with E-state index in [0.717, 1.165) is 0 Å². The van der Waals surface area contributed by atoms with Crippen LogP contribution in [0.3, 0.4) is 0 Å². The van der Waals surface area contributed by atoms with Crippen molar-refractivity contribution in [3.63, 3.8) is 0 Å². The van der Waals surface area contributed by atoms with E-state index in [4.69, 9.17) is 0 Å².